The van der Waals surface area contributed by atoms with Crippen LogP contribution in [0.4, 0.5) is 8.78 Å². The van der Waals surface area contributed by atoms with Crippen LogP contribution in [0.5, 0.6) is 5.75 Å². The van der Waals surface area contributed by atoms with Crippen LogP contribution in [0.2, 0.25) is 0 Å². The van der Waals surface area contributed by atoms with Crippen molar-refractivity contribution in [1.82, 2.24) is 0 Å². The first-order valence-corrected chi connectivity index (χ1v) is 4.65. The third-order valence-corrected chi connectivity index (χ3v) is 2.35. The van der Waals surface area contributed by atoms with E-state index < -0.39 is 11.6 Å². The van der Waals surface area contributed by atoms with Gasteiger partial charge in [-0.05, 0) is 34.5 Å². The Hall–Kier alpha value is -0.900. The van der Waals surface area contributed by atoms with E-state index in [0.29, 0.717) is 5.57 Å². The number of methoxy groups -OCH3 is 1. The zero-order valence-corrected chi connectivity index (χ0v) is 9.41. The van der Waals surface area contributed by atoms with Crippen molar-refractivity contribution in [2.24, 2.45) is 0 Å². The van der Waals surface area contributed by atoms with Crippen LogP contribution >= 0.6 is 15.9 Å². The number of allylic oxidation sites excluding steroid dienone is 1. The van der Waals surface area contributed by atoms with E-state index in [1.165, 1.54) is 14.0 Å². The number of rotatable bonds is 2. The standard InChI is InChI=1S/C10H9BrF2O/c1-5(2)8-7(12)4-6(11)10(14-3)9(8)13/h4H,1H2,2-3H3. The van der Waals surface area contributed by atoms with Gasteiger partial charge in [0.15, 0.2) is 11.6 Å². The summed E-state index contributed by atoms with van der Waals surface area (Å²) in [6.45, 7) is 5.04. The number of halogens is 3. The van der Waals surface area contributed by atoms with Crippen molar-refractivity contribution in [3.8, 4) is 5.75 Å². The van der Waals surface area contributed by atoms with E-state index in [0.717, 1.165) is 6.07 Å². The number of benzene rings is 1. The van der Waals surface area contributed by atoms with Gasteiger partial charge in [0, 0.05) is 0 Å². The minimum atomic E-state index is -0.730. The maximum Gasteiger partial charge on any atom is 0.176 e. The molecular weight excluding hydrogens is 254 g/mol. The van der Waals surface area contributed by atoms with Crippen LogP contribution in [0.3, 0.4) is 0 Å². The van der Waals surface area contributed by atoms with Crippen LogP contribution < -0.4 is 4.74 Å². The fourth-order valence-electron chi connectivity index (χ4n) is 1.15. The monoisotopic (exact) mass is 262 g/mol. The van der Waals surface area contributed by atoms with Crippen molar-refractivity contribution in [3.05, 3.63) is 34.3 Å². The van der Waals surface area contributed by atoms with Gasteiger partial charge in [-0.15, -0.1) is 0 Å². The second-order valence-corrected chi connectivity index (χ2v) is 3.70. The molecule has 0 aliphatic carbocycles. The third-order valence-electron chi connectivity index (χ3n) is 1.76. The van der Waals surface area contributed by atoms with Gasteiger partial charge in [-0.1, -0.05) is 6.58 Å². The summed E-state index contributed by atoms with van der Waals surface area (Å²) in [4.78, 5) is 0. The molecule has 0 aliphatic rings. The van der Waals surface area contributed by atoms with Gasteiger partial charge in [-0.3, -0.25) is 0 Å². The van der Waals surface area contributed by atoms with Gasteiger partial charge in [0.1, 0.15) is 5.82 Å². The lowest BCUT2D eigenvalue weighted by Gasteiger charge is -2.10. The molecule has 0 heterocycles. The molecule has 4 heteroatoms. The fraction of sp³-hybridized carbons (Fsp3) is 0.200. The Morgan fingerprint density at radius 3 is 2.50 bits per heavy atom. The molecule has 0 N–H and O–H groups in total. The van der Waals surface area contributed by atoms with E-state index in [2.05, 4.69) is 22.5 Å². The third kappa shape index (κ3) is 1.80. The Kier molecular flexibility index (Phi) is 3.26. The van der Waals surface area contributed by atoms with Crippen molar-refractivity contribution >= 4 is 21.5 Å². The molecule has 0 aromatic heterocycles. The lowest BCUT2D eigenvalue weighted by molar-refractivity contribution is 0.380. The summed E-state index contributed by atoms with van der Waals surface area (Å²) in [7, 11) is 1.32. The fourth-order valence-corrected chi connectivity index (χ4v) is 1.69. The summed E-state index contributed by atoms with van der Waals surface area (Å²) in [6, 6.07) is 1.16. The van der Waals surface area contributed by atoms with Gasteiger partial charge in [-0.25, -0.2) is 8.78 Å². The molecule has 0 aliphatic heterocycles. The van der Waals surface area contributed by atoms with E-state index in [1.807, 2.05) is 0 Å². The first kappa shape index (κ1) is 11.2. The summed E-state index contributed by atoms with van der Waals surface area (Å²) in [6.07, 6.45) is 0. The number of hydrogen-bond donors (Lipinski definition) is 0. The van der Waals surface area contributed by atoms with Crippen molar-refractivity contribution in [1.29, 1.82) is 0 Å². The van der Waals surface area contributed by atoms with Crippen molar-refractivity contribution in [3.63, 3.8) is 0 Å². The predicted octanol–water partition coefficient (Wildman–Crippen LogP) is 3.77. The SMILES string of the molecule is C=C(C)c1c(F)cc(Br)c(OC)c1F. The Labute approximate surface area is 89.5 Å². The Bertz CT molecular complexity index is 388. The van der Waals surface area contributed by atoms with E-state index in [-0.39, 0.29) is 15.8 Å². The molecule has 76 valence electrons. The van der Waals surface area contributed by atoms with Crippen LogP contribution in [0.15, 0.2) is 17.1 Å². The summed E-state index contributed by atoms with van der Waals surface area (Å²) in [5.41, 5.74) is 0.191. The number of hydrogen-bond acceptors (Lipinski definition) is 1. The Morgan fingerprint density at radius 1 is 1.50 bits per heavy atom. The lowest BCUT2D eigenvalue weighted by Crippen LogP contribution is -1.98. The molecule has 14 heavy (non-hydrogen) atoms. The lowest BCUT2D eigenvalue weighted by atomic mass is 10.1. The molecule has 0 radical (unpaired) electrons. The molecular formula is C10H9BrF2O. The molecule has 1 aromatic carbocycles. The normalized spacial score (nSPS) is 10.1. The van der Waals surface area contributed by atoms with E-state index in [4.69, 9.17) is 4.74 Å². The largest absolute Gasteiger partial charge is 0.492 e. The van der Waals surface area contributed by atoms with Gasteiger partial charge >= 0.3 is 0 Å². The molecule has 0 saturated carbocycles. The highest BCUT2D eigenvalue weighted by atomic mass is 79.9. The quantitative estimate of drug-likeness (QED) is 0.789. The topological polar surface area (TPSA) is 9.23 Å². The first-order chi connectivity index (χ1) is 6.49. The summed E-state index contributed by atoms with van der Waals surface area (Å²) in [5.74, 6) is -1.39. The zero-order valence-electron chi connectivity index (χ0n) is 7.83. The highest BCUT2D eigenvalue weighted by molar-refractivity contribution is 9.10. The molecule has 0 fully saturated rings. The summed E-state index contributed by atoms with van der Waals surface area (Å²) in [5, 5.41) is 0. The van der Waals surface area contributed by atoms with E-state index in [1.54, 1.807) is 0 Å². The first-order valence-electron chi connectivity index (χ1n) is 3.86. The Balaban J connectivity index is 3.52. The van der Waals surface area contributed by atoms with Crippen LogP contribution in [-0.2, 0) is 0 Å². The molecule has 0 atom stereocenters. The number of ether oxygens (including phenoxy) is 1. The van der Waals surface area contributed by atoms with Crippen molar-refractivity contribution < 1.29 is 13.5 Å². The van der Waals surface area contributed by atoms with Gasteiger partial charge in [0.2, 0.25) is 0 Å². The summed E-state index contributed by atoms with van der Waals surface area (Å²) >= 11 is 3.01. The maximum atomic E-state index is 13.6. The van der Waals surface area contributed by atoms with E-state index >= 15 is 0 Å². The van der Waals surface area contributed by atoms with Gasteiger partial charge in [0.25, 0.3) is 0 Å². The van der Waals surface area contributed by atoms with Gasteiger partial charge in [-0.2, -0.15) is 0 Å². The molecule has 1 nitrogen and oxygen atoms in total. The predicted molar refractivity (Wildman–Crippen MR) is 55.3 cm³/mol. The molecule has 0 spiro atoms. The van der Waals surface area contributed by atoms with Crippen LogP contribution in [0.25, 0.3) is 5.57 Å². The van der Waals surface area contributed by atoms with Crippen LogP contribution in [-0.4, -0.2) is 7.11 Å². The molecule has 0 saturated heterocycles. The highest BCUT2D eigenvalue weighted by Gasteiger charge is 2.18. The van der Waals surface area contributed by atoms with Crippen LogP contribution in [0, 0.1) is 11.6 Å². The van der Waals surface area contributed by atoms with Crippen molar-refractivity contribution in [2.45, 2.75) is 6.92 Å². The molecule has 0 amide bonds. The molecule has 0 unspecified atom stereocenters. The smallest absolute Gasteiger partial charge is 0.176 e. The minimum Gasteiger partial charge on any atom is -0.492 e. The van der Waals surface area contributed by atoms with Crippen molar-refractivity contribution in [2.75, 3.05) is 7.11 Å². The van der Waals surface area contributed by atoms with E-state index in [9.17, 15) is 8.78 Å². The minimum absolute atomic E-state index is 0.00981. The second kappa shape index (κ2) is 4.09. The average molecular weight is 263 g/mol. The molecule has 1 rings (SSSR count). The second-order valence-electron chi connectivity index (χ2n) is 2.84. The molecule has 0 bridgehead atoms. The average Bonchev–Trinajstić information content (AvgIpc) is 2.02. The summed E-state index contributed by atoms with van der Waals surface area (Å²) < 4.78 is 31.9. The zero-order chi connectivity index (χ0) is 10.9. The van der Waals surface area contributed by atoms with Gasteiger partial charge < -0.3 is 4.74 Å². The van der Waals surface area contributed by atoms with Crippen LogP contribution in [0.1, 0.15) is 12.5 Å². The Morgan fingerprint density at radius 2 is 2.07 bits per heavy atom. The van der Waals surface area contributed by atoms with Gasteiger partial charge in [0.05, 0.1) is 17.1 Å². The molecule has 1 aromatic rings. The maximum absolute atomic E-state index is 13.6. The highest BCUT2D eigenvalue weighted by Crippen LogP contribution is 2.34.